The van der Waals surface area contributed by atoms with E-state index in [2.05, 4.69) is 44.3 Å². The number of halogens is 1. The normalized spacial score (nSPS) is 10.6. The Balaban J connectivity index is 2.83. The zero-order valence-corrected chi connectivity index (χ0v) is 9.02. The number of benzene rings is 1. The van der Waals surface area contributed by atoms with Crippen LogP contribution in [0.25, 0.3) is 0 Å². The molecule has 0 N–H and O–H groups in total. The molecule has 1 aromatic rings. The van der Waals surface area contributed by atoms with Crippen LogP contribution in [0.15, 0.2) is 30.3 Å². The minimum atomic E-state index is -0.463. The van der Waals surface area contributed by atoms with Crippen molar-refractivity contribution in [3.63, 3.8) is 0 Å². The van der Waals surface area contributed by atoms with Gasteiger partial charge in [0.15, 0.2) is 0 Å². The fourth-order valence-electron chi connectivity index (χ4n) is 0.567. The molecule has 0 spiro atoms. The Hall–Kier alpha value is 0.243. The fourth-order valence-corrected chi connectivity index (χ4v) is 3.45. The van der Waals surface area contributed by atoms with E-state index < -0.39 is 13.6 Å². The van der Waals surface area contributed by atoms with Crippen LogP contribution in [0.5, 0.6) is 0 Å². The predicted molar refractivity (Wildman–Crippen MR) is 43.5 cm³/mol. The molecular weight excluding hydrogens is 225 g/mol. The summed E-state index contributed by atoms with van der Waals surface area (Å²) in [7, 11) is 0. The maximum absolute atomic E-state index is 3.54. The van der Waals surface area contributed by atoms with Gasteiger partial charge in [0.05, 0.1) is 0 Å². The molecule has 2 heteroatoms. The molecule has 0 saturated carbocycles. The second-order valence-electron chi connectivity index (χ2n) is 1.62. The van der Waals surface area contributed by atoms with Gasteiger partial charge in [-0.25, -0.2) is 0 Å². The molecular formula is C6H7BrGe. The summed E-state index contributed by atoms with van der Waals surface area (Å²) in [5.74, 6) is 0. The third kappa shape index (κ3) is 1.64. The molecule has 1 rings (SSSR count). The van der Waals surface area contributed by atoms with Crippen molar-refractivity contribution in [2.45, 2.75) is 0 Å². The molecule has 0 aliphatic carbocycles. The molecule has 0 heterocycles. The first-order valence-corrected chi connectivity index (χ1v) is 11.0. The van der Waals surface area contributed by atoms with Gasteiger partial charge >= 0.3 is 62.3 Å². The van der Waals surface area contributed by atoms with Gasteiger partial charge in [-0.05, 0) is 0 Å². The summed E-state index contributed by atoms with van der Waals surface area (Å²) in [4.78, 5) is 0. The SMILES string of the molecule is [Br][GeH2][c]1ccccc1. The first kappa shape index (κ1) is 6.36. The molecule has 0 unspecified atom stereocenters. The zero-order valence-electron chi connectivity index (χ0n) is 4.47. The van der Waals surface area contributed by atoms with Gasteiger partial charge in [-0.3, -0.25) is 0 Å². The predicted octanol–water partition coefficient (Wildman–Crippen LogP) is 0.791. The summed E-state index contributed by atoms with van der Waals surface area (Å²) < 4.78 is 1.51. The van der Waals surface area contributed by atoms with Crippen molar-refractivity contribution in [1.82, 2.24) is 0 Å². The van der Waals surface area contributed by atoms with Crippen LogP contribution in [0.1, 0.15) is 0 Å². The Bertz CT molecular complexity index is 150. The standard InChI is InChI=1S/C6H7BrGe/c7-8-6-4-2-1-3-5-6/h1-5H,8H2. The third-order valence-electron chi connectivity index (χ3n) is 0.997. The average Bonchev–Trinajstić information content (AvgIpc) is 1.90. The van der Waals surface area contributed by atoms with Gasteiger partial charge in [0, 0.05) is 0 Å². The molecule has 0 aromatic heterocycles. The van der Waals surface area contributed by atoms with Crippen molar-refractivity contribution in [1.29, 1.82) is 0 Å². The second-order valence-corrected chi connectivity index (χ2v) is 6.81. The summed E-state index contributed by atoms with van der Waals surface area (Å²) >= 11 is 3.08. The summed E-state index contributed by atoms with van der Waals surface area (Å²) in [5.41, 5.74) is 0. The molecule has 0 nitrogen and oxygen atoms in total. The number of hydrogen-bond donors (Lipinski definition) is 0. The molecule has 0 amide bonds. The topological polar surface area (TPSA) is 0 Å². The van der Waals surface area contributed by atoms with E-state index >= 15 is 0 Å². The second kappa shape index (κ2) is 3.30. The van der Waals surface area contributed by atoms with Crippen molar-refractivity contribution < 1.29 is 0 Å². The van der Waals surface area contributed by atoms with E-state index in [1.165, 1.54) is 4.40 Å². The van der Waals surface area contributed by atoms with E-state index in [1.54, 1.807) is 0 Å². The Morgan fingerprint density at radius 3 is 2.12 bits per heavy atom. The monoisotopic (exact) mass is 232 g/mol. The Morgan fingerprint density at radius 1 is 1.12 bits per heavy atom. The molecule has 0 fully saturated rings. The van der Waals surface area contributed by atoms with Crippen molar-refractivity contribution >= 4 is 32.0 Å². The third-order valence-corrected chi connectivity index (χ3v) is 6.00. The van der Waals surface area contributed by atoms with Gasteiger partial charge in [0.2, 0.25) is 0 Å². The van der Waals surface area contributed by atoms with Crippen LogP contribution >= 0.6 is 14.0 Å². The molecule has 0 radical (unpaired) electrons. The maximum atomic E-state index is 3.54. The van der Waals surface area contributed by atoms with Crippen LogP contribution < -0.4 is 4.40 Å². The summed E-state index contributed by atoms with van der Waals surface area (Å²) in [6.45, 7) is 0. The minimum absolute atomic E-state index is 0.463. The van der Waals surface area contributed by atoms with E-state index in [4.69, 9.17) is 0 Å². The van der Waals surface area contributed by atoms with Crippen molar-refractivity contribution in [2.24, 2.45) is 0 Å². The van der Waals surface area contributed by atoms with Crippen molar-refractivity contribution in [2.75, 3.05) is 0 Å². The van der Waals surface area contributed by atoms with E-state index in [-0.39, 0.29) is 0 Å². The van der Waals surface area contributed by atoms with Crippen LogP contribution in [0.3, 0.4) is 0 Å². The molecule has 1 aromatic carbocycles. The average molecular weight is 232 g/mol. The van der Waals surface area contributed by atoms with Gasteiger partial charge in [0.25, 0.3) is 0 Å². The quantitative estimate of drug-likeness (QED) is 0.627. The van der Waals surface area contributed by atoms with Gasteiger partial charge < -0.3 is 0 Å². The first-order chi connectivity index (χ1) is 3.93. The van der Waals surface area contributed by atoms with Crippen LogP contribution in [0, 0.1) is 0 Å². The Kier molecular flexibility index (Phi) is 2.63. The first-order valence-electron chi connectivity index (χ1n) is 2.53. The van der Waals surface area contributed by atoms with Gasteiger partial charge in [0.1, 0.15) is 0 Å². The van der Waals surface area contributed by atoms with E-state index in [0.29, 0.717) is 0 Å². The van der Waals surface area contributed by atoms with E-state index in [0.717, 1.165) is 0 Å². The van der Waals surface area contributed by atoms with Gasteiger partial charge in [-0.2, -0.15) is 0 Å². The van der Waals surface area contributed by atoms with Crippen LogP contribution in [0.2, 0.25) is 0 Å². The molecule has 0 aliphatic rings. The van der Waals surface area contributed by atoms with Crippen LogP contribution in [0.4, 0.5) is 0 Å². The number of hydrogen-bond acceptors (Lipinski definition) is 0. The van der Waals surface area contributed by atoms with Gasteiger partial charge in [-0.1, -0.05) is 0 Å². The molecule has 42 valence electrons. The molecule has 0 bridgehead atoms. The summed E-state index contributed by atoms with van der Waals surface area (Å²) in [6.07, 6.45) is 0. The summed E-state index contributed by atoms with van der Waals surface area (Å²) in [5, 5.41) is 0. The molecule has 0 aliphatic heterocycles. The zero-order chi connectivity index (χ0) is 5.82. The van der Waals surface area contributed by atoms with Crippen molar-refractivity contribution in [3.8, 4) is 0 Å². The van der Waals surface area contributed by atoms with Crippen LogP contribution in [-0.4, -0.2) is 13.6 Å². The Labute approximate surface area is 62.4 Å². The molecule has 8 heavy (non-hydrogen) atoms. The van der Waals surface area contributed by atoms with Crippen LogP contribution in [-0.2, 0) is 0 Å². The molecule has 0 atom stereocenters. The Morgan fingerprint density at radius 2 is 1.75 bits per heavy atom. The number of rotatable bonds is 1. The summed E-state index contributed by atoms with van der Waals surface area (Å²) in [6, 6.07) is 10.6. The van der Waals surface area contributed by atoms with E-state index in [9.17, 15) is 0 Å². The fraction of sp³-hybridized carbons (Fsp3) is 0. The van der Waals surface area contributed by atoms with Gasteiger partial charge in [-0.15, -0.1) is 0 Å². The van der Waals surface area contributed by atoms with Crippen molar-refractivity contribution in [3.05, 3.63) is 30.3 Å². The van der Waals surface area contributed by atoms with E-state index in [1.807, 2.05) is 0 Å². The molecule has 0 saturated heterocycles.